The molecule has 0 saturated carbocycles. The Labute approximate surface area is 99.2 Å². The molecule has 1 rings (SSSR count). The van der Waals surface area contributed by atoms with E-state index >= 15 is 0 Å². The molecule has 0 spiro atoms. The third-order valence-corrected chi connectivity index (χ3v) is 3.64. The second-order valence-electron chi connectivity index (χ2n) is 5.06. The highest BCUT2D eigenvalue weighted by Gasteiger charge is 2.25. The van der Waals surface area contributed by atoms with Crippen molar-refractivity contribution < 1.29 is 0 Å². The molecule has 2 heteroatoms. The van der Waals surface area contributed by atoms with Gasteiger partial charge in [0.25, 0.3) is 0 Å². The number of hydrogen-bond acceptors (Lipinski definition) is 2. The highest BCUT2D eigenvalue weighted by Crippen LogP contribution is 2.16. The minimum atomic E-state index is 0.0162. The molecular formula is C14H24N2. The van der Waals surface area contributed by atoms with Crippen LogP contribution in [0.3, 0.4) is 0 Å². The van der Waals surface area contributed by atoms with Gasteiger partial charge in [-0.15, -0.1) is 0 Å². The molecule has 1 aromatic rings. The van der Waals surface area contributed by atoms with Crippen molar-refractivity contribution in [3.05, 3.63) is 35.4 Å². The van der Waals surface area contributed by atoms with Gasteiger partial charge in [0.05, 0.1) is 0 Å². The van der Waals surface area contributed by atoms with Crippen LogP contribution in [0.5, 0.6) is 0 Å². The lowest BCUT2D eigenvalue weighted by molar-refractivity contribution is 0.267. The van der Waals surface area contributed by atoms with Crippen LogP contribution in [-0.2, 0) is 6.54 Å². The molecule has 0 saturated heterocycles. The first-order valence-corrected chi connectivity index (χ1v) is 5.99. The smallest absolute Gasteiger partial charge is 0.0301 e. The Morgan fingerprint density at radius 1 is 1.31 bits per heavy atom. The van der Waals surface area contributed by atoms with Gasteiger partial charge in [0, 0.05) is 18.6 Å². The largest absolute Gasteiger partial charge is 0.329 e. The quantitative estimate of drug-likeness (QED) is 0.800. The first-order valence-electron chi connectivity index (χ1n) is 5.99. The zero-order valence-electron chi connectivity index (χ0n) is 10.9. The fourth-order valence-electron chi connectivity index (χ4n) is 1.62. The van der Waals surface area contributed by atoms with Crippen molar-refractivity contribution in [2.75, 3.05) is 6.54 Å². The summed E-state index contributed by atoms with van der Waals surface area (Å²) in [6.45, 7) is 10.3. The molecule has 3 N–H and O–H groups in total. The highest BCUT2D eigenvalue weighted by atomic mass is 15.0. The molecular weight excluding hydrogens is 196 g/mol. The van der Waals surface area contributed by atoms with Crippen molar-refractivity contribution in [2.24, 2.45) is 11.7 Å². The summed E-state index contributed by atoms with van der Waals surface area (Å²) >= 11 is 0. The van der Waals surface area contributed by atoms with E-state index in [9.17, 15) is 0 Å². The van der Waals surface area contributed by atoms with E-state index < -0.39 is 0 Å². The monoisotopic (exact) mass is 220 g/mol. The van der Waals surface area contributed by atoms with Crippen LogP contribution in [0.4, 0.5) is 0 Å². The molecule has 0 aromatic heterocycles. The Balaban J connectivity index is 2.67. The van der Waals surface area contributed by atoms with Crippen molar-refractivity contribution in [1.82, 2.24) is 5.32 Å². The van der Waals surface area contributed by atoms with Gasteiger partial charge >= 0.3 is 0 Å². The van der Waals surface area contributed by atoms with E-state index in [1.54, 1.807) is 0 Å². The number of aryl methyl sites for hydroxylation is 1. The summed E-state index contributed by atoms with van der Waals surface area (Å²) in [4.78, 5) is 0. The first-order chi connectivity index (χ1) is 7.49. The molecule has 0 aliphatic carbocycles. The van der Waals surface area contributed by atoms with Gasteiger partial charge in [0.1, 0.15) is 0 Å². The molecule has 0 fully saturated rings. The van der Waals surface area contributed by atoms with E-state index in [4.69, 9.17) is 5.73 Å². The molecule has 0 heterocycles. The van der Waals surface area contributed by atoms with Crippen molar-refractivity contribution in [3.63, 3.8) is 0 Å². The minimum absolute atomic E-state index is 0.0162. The molecule has 0 radical (unpaired) electrons. The molecule has 90 valence electrons. The molecule has 0 aliphatic heterocycles. The second kappa shape index (κ2) is 5.46. The number of rotatable bonds is 5. The fourth-order valence-corrected chi connectivity index (χ4v) is 1.62. The van der Waals surface area contributed by atoms with Crippen molar-refractivity contribution >= 4 is 0 Å². The van der Waals surface area contributed by atoms with Gasteiger partial charge in [0.15, 0.2) is 0 Å². The van der Waals surface area contributed by atoms with E-state index in [2.05, 4.69) is 57.3 Å². The third-order valence-electron chi connectivity index (χ3n) is 3.64. The number of benzene rings is 1. The normalized spacial score (nSPS) is 15.1. The summed E-state index contributed by atoms with van der Waals surface area (Å²) < 4.78 is 0. The maximum atomic E-state index is 5.85. The van der Waals surface area contributed by atoms with Crippen LogP contribution >= 0.6 is 0 Å². The number of nitrogens with one attached hydrogen (secondary N) is 1. The van der Waals surface area contributed by atoms with Crippen LogP contribution < -0.4 is 11.1 Å². The van der Waals surface area contributed by atoms with E-state index in [0.29, 0.717) is 12.5 Å². The fraction of sp³-hybridized carbons (Fsp3) is 0.571. The van der Waals surface area contributed by atoms with Crippen molar-refractivity contribution in [1.29, 1.82) is 0 Å². The first kappa shape index (κ1) is 13.2. The van der Waals surface area contributed by atoms with E-state index in [1.807, 2.05) is 0 Å². The van der Waals surface area contributed by atoms with Gasteiger partial charge < -0.3 is 11.1 Å². The lowest BCUT2D eigenvalue weighted by Crippen LogP contribution is -2.52. The number of nitrogens with two attached hydrogens (primary N) is 1. The van der Waals surface area contributed by atoms with Crippen LogP contribution in [0.1, 0.15) is 31.9 Å². The van der Waals surface area contributed by atoms with E-state index in [0.717, 1.165) is 6.54 Å². The molecule has 0 bridgehead atoms. The summed E-state index contributed by atoms with van der Waals surface area (Å²) in [6, 6.07) is 8.47. The molecule has 1 aromatic carbocycles. The SMILES string of the molecule is Cc1ccccc1CNC(C)(CN)C(C)C. The van der Waals surface area contributed by atoms with Crippen LogP contribution in [-0.4, -0.2) is 12.1 Å². The maximum absolute atomic E-state index is 5.85. The summed E-state index contributed by atoms with van der Waals surface area (Å²) in [5.74, 6) is 0.529. The van der Waals surface area contributed by atoms with Crippen LogP contribution in [0.15, 0.2) is 24.3 Å². The van der Waals surface area contributed by atoms with Gasteiger partial charge in [-0.3, -0.25) is 0 Å². The number of hydrogen-bond donors (Lipinski definition) is 2. The average molecular weight is 220 g/mol. The average Bonchev–Trinajstić information content (AvgIpc) is 2.27. The summed E-state index contributed by atoms with van der Waals surface area (Å²) in [7, 11) is 0. The Morgan fingerprint density at radius 3 is 2.44 bits per heavy atom. The van der Waals surface area contributed by atoms with E-state index in [-0.39, 0.29) is 5.54 Å². The maximum Gasteiger partial charge on any atom is 0.0301 e. The highest BCUT2D eigenvalue weighted by molar-refractivity contribution is 5.25. The van der Waals surface area contributed by atoms with Crippen molar-refractivity contribution in [2.45, 2.75) is 39.8 Å². The molecule has 16 heavy (non-hydrogen) atoms. The van der Waals surface area contributed by atoms with Gasteiger partial charge in [-0.2, -0.15) is 0 Å². The summed E-state index contributed by atoms with van der Waals surface area (Å²) in [5.41, 5.74) is 8.55. The van der Waals surface area contributed by atoms with Crippen LogP contribution in [0.2, 0.25) is 0 Å². The molecule has 0 amide bonds. The van der Waals surface area contributed by atoms with Crippen molar-refractivity contribution in [3.8, 4) is 0 Å². The van der Waals surface area contributed by atoms with Crippen LogP contribution in [0, 0.1) is 12.8 Å². The van der Waals surface area contributed by atoms with E-state index in [1.165, 1.54) is 11.1 Å². The van der Waals surface area contributed by atoms with Gasteiger partial charge in [-0.1, -0.05) is 38.1 Å². The lowest BCUT2D eigenvalue weighted by Gasteiger charge is -2.34. The zero-order chi connectivity index (χ0) is 12.2. The zero-order valence-corrected chi connectivity index (χ0v) is 10.9. The molecule has 2 nitrogen and oxygen atoms in total. The minimum Gasteiger partial charge on any atom is -0.329 e. The van der Waals surface area contributed by atoms with Crippen LogP contribution in [0.25, 0.3) is 0 Å². The summed E-state index contributed by atoms with van der Waals surface area (Å²) in [6.07, 6.45) is 0. The topological polar surface area (TPSA) is 38.0 Å². The second-order valence-corrected chi connectivity index (χ2v) is 5.06. The Hall–Kier alpha value is -0.860. The van der Waals surface area contributed by atoms with Gasteiger partial charge in [-0.25, -0.2) is 0 Å². The predicted octanol–water partition coefficient (Wildman–Crippen LogP) is 2.46. The Morgan fingerprint density at radius 2 is 1.94 bits per heavy atom. The summed E-state index contributed by atoms with van der Waals surface area (Å²) in [5, 5.41) is 3.58. The Bertz CT molecular complexity index is 333. The standard InChI is InChI=1S/C14H24N2/c1-11(2)14(4,10-15)16-9-13-8-6-5-7-12(13)3/h5-8,11,16H,9-10,15H2,1-4H3. The molecule has 0 aliphatic rings. The Kier molecular flexibility index (Phi) is 4.51. The molecule has 1 unspecified atom stereocenters. The lowest BCUT2D eigenvalue weighted by atomic mass is 9.88. The van der Waals surface area contributed by atoms with Gasteiger partial charge in [0.2, 0.25) is 0 Å². The van der Waals surface area contributed by atoms with Gasteiger partial charge in [-0.05, 0) is 30.9 Å². The predicted molar refractivity (Wildman–Crippen MR) is 70.3 cm³/mol. The molecule has 1 atom stereocenters. The third kappa shape index (κ3) is 3.06.